The SMILES string of the molecule is CCCCCCCc1ccc2c(F)c(-c3cc(F)c(-c4ccc(F)c(F)c4)c(F)c3)ccc2c1. The fourth-order valence-corrected chi connectivity index (χ4v) is 4.31. The lowest BCUT2D eigenvalue weighted by Gasteiger charge is -2.12. The van der Waals surface area contributed by atoms with Gasteiger partial charge in [0.05, 0.1) is 5.56 Å². The zero-order valence-corrected chi connectivity index (χ0v) is 18.9. The minimum Gasteiger partial charge on any atom is -0.206 e. The summed E-state index contributed by atoms with van der Waals surface area (Å²) in [5, 5.41) is 1.10. The standard InChI is InChI=1S/C29H25F5/c1-2-3-4-5-6-7-18-8-11-22-19(14-18)9-12-23(29(22)34)21-16-26(32)28(27(33)17-21)20-10-13-24(30)25(31)15-20/h8-17H,2-7H2,1H3. The van der Waals surface area contributed by atoms with Crippen LogP contribution in [-0.2, 0) is 6.42 Å². The third kappa shape index (κ3) is 4.98. The van der Waals surface area contributed by atoms with Gasteiger partial charge in [0.1, 0.15) is 17.5 Å². The Morgan fingerprint density at radius 3 is 2.00 bits per heavy atom. The van der Waals surface area contributed by atoms with Gasteiger partial charge in [-0.2, -0.15) is 0 Å². The molecule has 0 radical (unpaired) electrons. The predicted molar refractivity (Wildman–Crippen MR) is 127 cm³/mol. The summed E-state index contributed by atoms with van der Waals surface area (Å²) >= 11 is 0. The second kappa shape index (κ2) is 10.4. The summed E-state index contributed by atoms with van der Waals surface area (Å²) < 4.78 is 71.7. The molecule has 0 aliphatic heterocycles. The van der Waals surface area contributed by atoms with Crippen molar-refractivity contribution in [2.24, 2.45) is 0 Å². The Morgan fingerprint density at radius 2 is 1.29 bits per heavy atom. The van der Waals surface area contributed by atoms with Gasteiger partial charge in [0.25, 0.3) is 0 Å². The largest absolute Gasteiger partial charge is 0.206 e. The van der Waals surface area contributed by atoms with Crippen LogP contribution in [0.3, 0.4) is 0 Å². The molecule has 0 aliphatic carbocycles. The van der Waals surface area contributed by atoms with E-state index < -0.39 is 34.6 Å². The zero-order valence-electron chi connectivity index (χ0n) is 18.9. The van der Waals surface area contributed by atoms with Gasteiger partial charge in [-0.1, -0.05) is 69.0 Å². The topological polar surface area (TPSA) is 0 Å². The molecule has 5 heteroatoms. The molecule has 176 valence electrons. The van der Waals surface area contributed by atoms with Crippen molar-refractivity contribution in [1.82, 2.24) is 0 Å². The highest BCUT2D eigenvalue weighted by atomic mass is 19.2. The van der Waals surface area contributed by atoms with E-state index in [0.29, 0.717) is 5.39 Å². The van der Waals surface area contributed by atoms with Gasteiger partial charge >= 0.3 is 0 Å². The molecule has 0 aliphatic rings. The van der Waals surface area contributed by atoms with Crippen LogP contribution in [0.5, 0.6) is 0 Å². The molecule has 0 N–H and O–H groups in total. The number of benzene rings is 4. The lowest BCUT2D eigenvalue weighted by atomic mass is 9.95. The van der Waals surface area contributed by atoms with Crippen molar-refractivity contribution in [3.8, 4) is 22.3 Å². The second-order valence-electron chi connectivity index (χ2n) is 8.59. The Hall–Kier alpha value is -3.21. The van der Waals surface area contributed by atoms with Gasteiger partial charge in [-0.15, -0.1) is 0 Å². The minimum absolute atomic E-state index is 0.0285. The van der Waals surface area contributed by atoms with Crippen molar-refractivity contribution in [2.45, 2.75) is 45.4 Å². The summed E-state index contributed by atoms with van der Waals surface area (Å²) in [5.74, 6) is -4.86. The summed E-state index contributed by atoms with van der Waals surface area (Å²) in [5.41, 5.74) is 0.591. The van der Waals surface area contributed by atoms with E-state index in [1.165, 1.54) is 25.3 Å². The van der Waals surface area contributed by atoms with Crippen LogP contribution in [0.4, 0.5) is 22.0 Å². The number of hydrogen-bond donors (Lipinski definition) is 0. The van der Waals surface area contributed by atoms with Crippen LogP contribution in [-0.4, -0.2) is 0 Å². The average Bonchev–Trinajstić information content (AvgIpc) is 2.81. The maximum atomic E-state index is 15.3. The molecular weight excluding hydrogens is 443 g/mol. The number of rotatable bonds is 8. The van der Waals surface area contributed by atoms with E-state index in [1.807, 2.05) is 12.1 Å². The molecule has 0 fully saturated rings. The Kier molecular flexibility index (Phi) is 7.30. The average molecular weight is 469 g/mol. The van der Waals surface area contributed by atoms with Crippen molar-refractivity contribution < 1.29 is 22.0 Å². The summed E-state index contributed by atoms with van der Waals surface area (Å²) in [4.78, 5) is 0. The minimum atomic E-state index is -1.21. The monoisotopic (exact) mass is 468 g/mol. The number of aryl methyl sites for hydroxylation is 1. The first-order valence-corrected chi connectivity index (χ1v) is 11.5. The quantitative estimate of drug-likeness (QED) is 0.178. The molecular formula is C29H25F5. The maximum Gasteiger partial charge on any atom is 0.159 e. The molecule has 4 aromatic carbocycles. The number of fused-ring (bicyclic) bond motifs is 1. The van der Waals surface area contributed by atoms with Crippen LogP contribution >= 0.6 is 0 Å². The fraction of sp³-hybridized carbons (Fsp3) is 0.241. The Labute approximate surface area is 196 Å². The molecule has 0 nitrogen and oxygen atoms in total. The first kappa shape index (κ1) is 23.9. The Balaban J connectivity index is 1.63. The third-order valence-electron chi connectivity index (χ3n) is 6.15. The van der Waals surface area contributed by atoms with Gasteiger partial charge in [0.2, 0.25) is 0 Å². The highest BCUT2D eigenvalue weighted by molar-refractivity contribution is 5.89. The lowest BCUT2D eigenvalue weighted by Crippen LogP contribution is -1.96. The maximum absolute atomic E-state index is 15.3. The van der Waals surface area contributed by atoms with E-state index in [9.17, 15) is 17.6 Å². The van der Waals surface area contributed by atoms with Gasteiger partial charge in [-0.3, -0.25) is 0 Å². The van der Waals surface area contributed by atoms with Crippen LogP contribution in [0.25, 0.3) is 33.0 Å². The molecule has 0 aromatic heterocycles. The third-order valence-corrected chi connectivity index (χ3v) is 6.15. The van der Waals surface area contributed by atoms with Crippen molar-refractivity contribution in [3.05, 3.63) is 95.3 Å². The van der Waals surface area contributed by atoms with Crippen LogP contribution in [0.1, 0.15) is 44.6 Å². The summed E-state index contributed by atoms with van der Waals surface area (Å²) in [6.07, 6.45) is 6.80. The highest BCUT2D eigenvalue weighted by Crippen LogP contribution is 2.35. The van der Waals surface area contributed by atoms with E-state index in [-0.39, 0.29) is 16.7 Å². The normalized spacial score (nSPS) is 11.4. The van der Waals surface area contributed by atoms with Crippen molar-refractivity contribution in [1.29, 1.82) is 0 Å². The van der Waals surface area contributed by atoms with E-state index in [0.717, 1.165) is 60.5 Å². The number of unbranched alkanes of at least 4 members (excludes halogenated alkanes) is 4. The Morgan fingerprint density at radius 1 is 0.588 bits per heavy atom. The molecule has 4 aromatic rings. The van der Waals surface area contributed by atoms with Crippen LogP contribution < -0.4 is 0 Å². The van der Waals surface area contributed by atoms with Crippen LogP contribution in [0, 0.1) is 29.1 Å². The molecule has 0 atom stereocenters. The van der Waals surface area contributed by atoms with Crippen LogP contribution in [0.2, 0.25) is 0 Å². The van der Waals surface area contributed by atoms with Gasteiger partial charge in [0, 0.05) is 10.9 Å². The van der Waals surface area contributed by atoms with Gasteiger partial charge < -0.3 is 0 Å². The summed E-state index contributed by atoms with van der Waals surface area (Å²) in [7, 11) is 0. The fourth-order valence-electron chi connectivity index (χ4n) is 4.31. The smallest absolute Gasteiger partial charge is 0.159 e. The van der Waals surface area contributed by atoms with Gasteiger partial charge in [-0.25, -0.2) is 22.0 Å². The van der Waals surface area contributed by atoms with E-state index in [2.05, 4.69) is 6.92 Å². The van der Waals surface area contributed by atoms with Gasteiger partial charge in [-0.05, 0) is 59.2 Å². The van der Waals surface area contributed by atoms with Crippen molar-refractivity contribution >= 4 is 10.8 Å². The van der Waals surface area contributed by atoms with E-state index in [1.54, 1.807) is 12.1 Å². The molecule has 0 bridgehead atoms. The second-order valence-corrected chi connectivity index (χ2v) is 8.59. The number of hydrogen-bond acceptors (Lipinski definition) is 0. The van der Waals surface area contributed by atoms with Crippen LogP contribution in [0.15, 0.2) is 60.7 Å². The lowest BCUT2D eigenvalue weighted by molar-refractivity contribution is 0.508. The molecule has 0 heterocycles. The van der Waals surface area contributed by atoms with Crippen molar-refractivity contribution in [3.63, 3.8) is 0 Å². The predicted octanol–water partition coefficient (Wildman–Crippen LogP) is 9.38. The first-order valence-electron chi connectivity index (χ1n) is 11.5. The molecule has 0 unspecified atom stereocenters. The molecule has 0 spiro atoms. The summed E-state index contributed by atoms with van der Waals surface area (Å²) in [6.45, 7) is 2.18. The molecule has 34 heavy (non-hydrogen) atoms. The molecule has 4 rings (SSSR count). The zero-order chi connectivity index (χ0) is 24.2. The highest BCUT2D eigenvalue weighted by Gasteiger charge is 2.18. The molecule has 0 saturated carbocycles. The summed E-state index contributed by atoms with van der Waals surface area (Å²) in [6, 6.07) is 13.5. The van der Waals surface area contributed by atoms with Crippen molar-refractivity contribution in [2.75, 3.05) is 0 Å². The van der Waals surface area contributed by atoms with E-state index >= 15 is 4.39 Å². The van der Waals surface area contributed by atoms with Gasteiger partial charge in [0.15, 0.2) is 11.6 Å². The number of halogens is 5. The van der Waals surface area contributed by atoms with E-state index in [4.69, 9.17) is 0 Å². The Bertz CT molecular complexity index is 1300. The first-order chi connectivity index (χ1) is 16.4. The molecule has 0 saturated heterocycles. The molecule has 0 amide bonds.